The number of nitrogens with one attached hydrogen (secondary N) is 2. The zero-order chi connectivity index (χ0) is 23.4. The molecule has 0 aliphatic heterocycles. The van der Waals surface area contributed by atoms with Gasteiger partial charge in [-0.15, -0.1) is 11.3 Å². The minimum absolute atomic E-state index is 0.0569. The molecular weight excluding hydrogens is 450 g/mol. The molecule has 168 valence electrons. The molecule has 0 saturated carbocycles. The zero-order valence-electron chi connectivity index (χ0n) is 18.7. The van der Waals surface area contributed by atoms with Crippen molar-refractivity contribution in [1.29, 1.82) is 0 Å². The summed E-state index contributed by atoms with van der Waals surface area (Å²) in [4.78, 5) is 29.7. The van der Waals surface area contributed by atoms with Crippen molar-refractivity contribution in [3.8, 4) is 0 Å². The van der Waals surface area contributed by atoms with Gasteiger partial charge in [0.15, 0.2) is 4.34 Å². The van der Waals surface area contributed by atoms with Gasteiger partial charge in [-0.2, -0.15) is 0 Å². The van der Waals surface area contributed by atoms with E-state index >= 15 is 0 Å². The van der Waals surface area contributed by atoms with E-state index in [1.54, 1.807) is 0 Å². The summed E-state index contributed by atoms with van der Waals surface area (Å²) in [5, 5.41) is 5.98. The number of carbonyl (C=O) groups is 2. The molecule has 0 aliphatic carbocycles. The van der Waals surface area contributed by atoms with Gasteiger partial charge in [-0.25, -0.2) is 4.98 Å². The van der Waals surface area contributed by atoms with E-state index in [1.807, 2.05) is 73.7 Å². The summed E-state index contributed by atoms with van der Waals surface area (Å²) in [5.41, 5.74) is 5.14. The fourth-order valence-electron chi connectivity index (χ4n) is 3.50. The number of hydrogen-bond donors (Lipinski definition) is 2. The van der Waals surface area contributed by atoms with Crippen LogP contribution in [0.5, 0.6) is 0 Å². The number of fused-ring (bicyclic) bond motifs is 1. The molecule has 2 N–H and O–H groups in total. The van der Waals surface area contributed by atoms with Crippen LogP contribution in [0.4, 0.5) is 11.4 Å². The molecule has 4 rings (SSSR count). The van der Waals surface area contributed by atoms with E-state index in [0.29, 0.717) is 11.5 Å². The van der Waals surface area contributed by atoms with E-state index in [1.165, 1.54) is 23.1 Å². The van der Waals surface area contributed by atoms with E-state index in [4.69, 9.17) is 0 Å². The molecule has 0 aliphatic rings. The number of benzene rings is 3. The van der Waals surface area contributed by atoms with Crippen LogP contribution >= 0.6 is 23.1 Å². The van der Waals surface area contributed by atoms with Gasteiger partial charge in [0.25, 0.3) is 5.91 Å². The lowest BCUT2D eigenvalue weighted by Crippen LogP contribution is -2.15. The summed E-state index contributed by atoms with van der Waals surface area (Å²) in [6.07, 6.45) is 0. The lowest BCUT2D eigenvalue weighted by atomic mass is 10.0. The average Bonchev–Trinajstić information content (AvgIpc) is 3.20. The molecule has 0 fully saturated rings. The molecule has 0 radical (unpaired) electrons. The third-order valence-electron chi connectivity index (χ3n) is 5.20. The van der Waals surface area contributed by atoms with Gasteiger partial charge >= 0.3 is 0 Å². The van der Waals surface area contributed by atoms with E-state index in [0.717, 1.165) is 37.1 Å². The van der Waals surface area contributed by atoms with Crippen LogP contribution in [-0.2, 0) is 4.79 Å². The highest BCUT2D eigenvalue weighted by Crippen LogP contribution is 2.32. The lowest BCUT2D eigenvalue weighted by molar-refractivity contribution is -0.113. The third kappa shape index (κ3) is 5.61. The molecular formula is C26H25N3O2S2. The van der Waals surface area contributed by atoms with Gasteiger partial charge in [-0.1, -0.05) is 62.0 Å². The molecule has 0 unspecified atom stereocenters. The Morgan fingerprint density at radius 2 is 1.76 bits per heavy atom. The van der Waals surface area contributed by atoms with E-state index in [2.05, 4.69) is 29.5 Å². The molecule has 7 heteroatoms. The van der Waals surface area contributed by atoms with Gasteiger partial charge in [0.05, 0.1) is 16.0 Å². The van der Waals surface area contributed by atoms with Crippen LogP contribution in [0.25, 0.3) is 10.2 Å². The van der Waals surface area contributed by atoms with Gasteiger partial charge in [-0.05, 0) is 54.3 Å². The number of para-hydroxylation sites is 1. The number of carbonyl (C=O) groups excluding carboxylic acids is 2. The SMILES string of the molecule is Cc1ccccc1C(=O)Nc1ccc2nc(SCC(=O)Nc3ccccc3C(C)C)sc2c1. The summed E-state index contributed by atoms with van der Waals surface area (Å²) in [7, 11) is 0. The van der Waals surface area contributed by atoms with Gasteiger partial charge in [-0.3, -0.25) is 9.59 Å². The third-order valence-corrected chi connectivity index (χ3v) is 7.36. The number of aromatic nitrogens is 1. The maximum absolute atomic E-state index is 12.6. The minimum atomic E-state index is -0.134. The monoisotopic (exact) mass is 475 g/mol. The highest BCUT2D eigenvalue weighted by Gasteiger charge is 2.13. The molecule has 33 heavy (non-hydrogen) atoms. The number of hydrogen-bond acceptors (Lipinski definition) is 5. The first-order chi connectivity index (χ1) is 15.9. The Morgan fingerprint density at radius 1 is 1.00 bits per heavy atom. The molecule has 2 amide bonds. The Kier molecular flexibility index (Phi) is 7.11. The molecule has 0 saturated heterocycles. The molecule has 0 bridgehead atoms. The van der Waals surface area contributed by atoms with E-state index < -0.39 is 0 Å². The predicted octanol–water partition coefficient (Wildman–Crippen LogP) is 6.71. The highest BCUT2D eigenvalue weighted by molar-refractivity contribution is 8.01. The second-order valence-electron chi connectivity index (χ2n) is 8.01. The average molecular weight is 476 g/mol. The first-order valence-corrected chi connectivity index (χ1v) is 12.5. The fraction of sp³-hybridized carbons (Fsp3) is 0.192. The molecule has 4 aromatic rings. The van der Waals surface area contributed by atoms with Crippen molar-refractivity contribution in [1.82, 2.24) is 4.98 Å². The maximum atomic E-state index is 12.6. The Labute approximate surface area is 201 Å². The van der Waals surface area contributed by atoms with Crippen molar-refractivity contribution in [2.75, 3.05) is 16.4 Å². The smallest absolute Gasteiger partial charge is 0.255 e. The van der Waals surface area contributed by atoms with Crippen molar-refractivity contribution in [3.63, 3.8) is 0 Å². The van der Waals surface area contributed by atoms with Crippen LogP contribution < -0.4 is 10.6 Å². The number of thiazole rings is 1. The van der Waals surface area contributed by atoms with E-state index in [9.17, 15) is 9.59 Å². The summed E-state index contributed by atoms with van der Waals surface area (Å²) < 4.78 is 1.78. The zero-order valence-corrected chi connectivity index (χ0v) is 20.3. The van der Waals surface area contributed by atoms with Crippen molar-refractivity contribution in [2.24, 2.45) is 0 Å². The van der Waals surface area contributed by atoms with Gasteiger partial charge in [0.2, 0.25) is 5.91 Å². The first-order valence-electron chi connectivity index (χ1n) is 10.7. The Bertz CT molecular complexity index is 1310. The van der Waals surface area contributed by atoms with Crippen molar-refractivity contribution in [2.45, 2.75) is 31.0 Å². The molecule has 1 aromatic heterocycles. The Hall–Kier alpha value is -3.16. The summed E-state index contributed by atoms with van der Waals surface area (Å²) in [6, 6.07) is 21.1. The summed E-state index contributed by atoms with van der Waals surface area (Å²) in [6.45, 7) is 6.14. The molecule has 5 nitrogen and oxygen atoms in total. The molecule has 0 atom stereocenters. The second kappa shape index (κ2) is 10.2. The predicted molar refractivity (Wildman–Crippen MR) is 139 cm³/mol. The van der Waals surface area contributed by atoms with Crippen LogP contribution in [-0.4, -0.2) is 22.6 Å². The number of aryl methyl sites for hydroxylation is 1. The van der Waals surface area contributed by atoms with Crippen LogP contribution in [0.3, 0.4) is 0 Å². The van der Waals surface area contributed by atoms with E-state index in [-0.39, 0.29) is 17.6 Å². The van der Waals surface area contributed by atoms with Gasteiger partial charge < -0.3 is 10.6 Å². The fourth-order valence-corrected chi connectivity index (χ4v) is 5.40. The van der Waals surface area contributed by atoms with Crippen LogP contribution in [0, 0.1) is 6.92 Å². The number of amides is 2. The number of nitrogens with zero attached hydrogens (tertiary/aromatic N) is 1. The molecule has 0 spiro atoms. The van der Waals surface area contributed by atoms with Crippen molar-refractivity contribution in [3.05, 3.63) is 83.4 Å². The standard InChI is InChI=1S/C26H25N3O2S2/c1-16(2)19-9-6-7-11-21(19)28-24(30)15-32-26-29-22-13-12-18(14-23(22)33-26)27-25(31)20-10-5-4-8-17(20)3/h4-14,16H,15H2,1-3H3,(H,27,31)(H,28,30). The van der Waals surface area contributed by atoms with Crippen molar-refractivity contribution < 1.29 is 9.59 Å². The summed E-state index contributed by atoms with van der Waals surface area (Å²) >= 11 is 2.93. The lowest BCUT2D eigenvalue weighted by Gasteiger charge is -2.13. The highest BCUT2D eigenvalue weighted by atomic mass is 32.2. The van der Waals surface area contributed by atoms with Crippen LogP contribution in [0.1, 0.15) is 41.3 Å². The van der Waals surface area contributed by atoms with Crippen molar-refractivity contribution >= 4 is 56.5 Å². The summed E-state index contributed by atoms with van der Waals surface area (Å²) in [5.74, 6) is 0.422. The molecule has 1 heterocycles. The maximum Gasteiger partial charge on any atom is 0.255 e. The Balaban J connectivity index is 1.40. The largest absolute Gasteiger partial charge is 0.325 e. The number of thioether (sulfide) groups is 1. The normalized spacial score (nSPS) is 11.0. The first kappa shape index (κ1) is 23.0. The second-order valence-corrected chi connectivity index (χ2v) is 10.3. The Morgan fingerprint density at radius 3 is 2.55 bits per heavy atom. The van der Waals surface area contributed by atoms with Crippen LogP contribution in [0.2, 0.25) is 0 Å². The van der Waals surface area contributed by atoms with Gasteiger partial charge in [0.1, 0.15) is 0 Å². The topological polar surface area (TPSA) is 71.1 Å². The number of anilines is 2. The van der Waals surface area contributed by atoms with Crippen LogP contribution in [0.15, 0.2) is 71.1 Å². The number of rotatable bonds is 7. The minimum Gasteiger partial charge on any atom is -0.325 e. The quantitative estimate of drug-likeness (QED) is 0.291. The molecule has 3 aromatic carbocycles. The van der Waals surface area contributed by atoms with Gasteiger partial charge in [0, 0.05) is 16.9 Å².